The molecule has 3 aromatic rings. The number of carbonyl (C=O) groups is 1. The lowest BCUT2D eigenvalue weighted by atomic mass is 10.3. The van der Waals surface area contributed by atoms with Gasteiger partial charge in [0.05, 0.1) is 0 Å². The molecule has 32 heavy (non-hydrogen) atoms. The molecule has 3 aromatic heterocycles. The van der Waals surface area contributed by atoms with Crippen LogP contribution in [0.15, 0.2) is 36.5 Å². The lowest BCUT2D eigenvalue weighted by Crippen LogP contribution is -2.24. The molecule has 0 atom stereocenters. The monoisotopic (exact) mass is 448 g/mol. The molecule has 0 aliphatic heterocycles. The van der Waals surface area contributed by atoms with Crippen LogP contribution in [0.2, 0.25) is 0 Å². The van der Waals surface area contributed by atoms with E-state index >= 15 is 0 Å². The van der Waals surface area contributed by atoms with Crippen molar-refractivity contribution in [2.45, 2.75) is 26.1 Å². The van der Waals surface area contributed by atoms with E-state index in [9.17, 15) is 18.0 Å². The third-order valence-electron chi connectivity index (χ3n) is 3.95. The average Bonchev–Trinajstić information content (AvgIpc) is 2.72. The van der Waals surface area contributed by atoms with Gasteiger partial charge < -0.3 is 15.7 Å². The molecule has 0 radical (unpaired) electrons. The highest BCUT2D eigenvalue weighted by Crippen LogP contribution is 2.29. The Morgan fingerprint density at radius 1 is 1.09 bits per heavy atom. The van der Waals surface area contributed by atoms with Gasteiger partial charge in [0.1, 0.15) is 17.2 Å². The molecule has 0 aromatic carbocycles. The standard InChI is InChI=1S/C19H19F3N8O2/c1-10(2)24-16-27-15(12-5-4-6-14(26-12)30(3)18(31)32)28-17(29-16)25-11-7-8-23-13(9-11)19(20,21)22/h4-10H,1-3H3,(H,31,32)(H2,23,24,25,27,28,29). The van der Waals surface area contributed by atoms with Gasteiger partial charge in [-0.3, -0.25) is 9.88 Å². The topological polar surface area (TPSA) is 129 Å². The summed E-state index contributed by atoms with van der Waals surface area (Å²) in [5.41, 5.74) is -0.741. The second-order valence-electron chi connectivity index (χ2n) is 6.88. The van der Waals surface area contributed by atoms with Gasteiger partial charge in [-0.25, -0.2) is 9.78 Å². The van der Waals surface area contributed by atoms with Crippen LogP contribution in [0.4, 0.5) is 41.4 Å². The van der Waals surface area contributed by atoms with E-state index in [4.69, 9.17) is 5.11 Å². The van der Waals surface area contributed by atoms with Gasteiger partial charge >= 0.3 is 12.3 Å². The highest BCUT2D eigenvalue weighted by Gasteiger charge is 2.32. The molecule has 13 heteroatoms. The SMILES string of the molecule is CC(C)Nc1nc(Nc2ccnc(C(F)(F)F)c2)nc(-c2cccc(N(C)C(=O)O)n2)n1. The number of nitrogens with one attached hydrogen (secondary N) is 2. The number of pyridine rings is 2. The molecule has 0 aliphatic rings. The fourth-order valence-corrected chi connectivity index (χ4v) is 2.49. The summed E-state index contributed by atoms with van der Waals surface area (Å²) in [5, 5.41) is 14.9. The summed E-state index contributed by atoms with van der Waals surface area (Å²) in [6.07, 6.45) is -4.78. The van der Waals surface area contributed by atoms with Crippen molar-refractivity contribution >= 4 is 29.5 Å². The molecule has 10 nitrogen and oxygen atoms in total. The largest absolute Gasteiger partial charge is 0.465 e. The molecule has 3 rings (SSSR count). The van der Waals surface area contributed by atoms with Gasteiger partial charge in [0.15, 0.2) is 5.82 Å². The Bertz CT molecular complexity index is 1120. The van der Waals surface area contributed by atoms with Crippen LogP contribution in [-0.2, 0) is 6.18 Å². The molecule has 1 amide bonds. The number of hydrogen-bond acceptors (Lipinski definition) is 8. The predicted octanol–water partition coefficient (Wildman–Crippen LogP) is 4.03. The van der Waals surface area contributed by atoms with E-state index < -0.39 is 18.0 Å². The Kier molecular flexibility index (Phi) is 6.37. The fraction of sp³-hybridized carbons (Fsp3) is 0.263. The highest BCUT2D eigenvalue weighted by molar-refractivity contribution is 5.84. The smallest absolute Gasteiger partial charge is 0.433 e. The minimum absolute atomic E-state index is 0.0312. The first kappa shape index (κ1) is 22.7. The zero-order valence-electron chi connectivity index (χ0n) is 17.2. The normalized spacial score (nSPS) is 11.3. The summed E-state index contributed by atoms with van der Waals surface area (Å²) in [7, 11) is 1.34. The van der Waals surface area contributed by atoms with Crippen LogP contribution in [-0.4, -0.2) is 49.2 Å². The Balaban J connectivity index is 2.01. The third-order valence-corrected chi connectivity index (χ3v) is 3.95. The van der Waals surface area contributed by atoms with Crippen LogP contribution in [0.25, 0.3) is 11.5 Å². The molecule has 0 saturated heterocycles. The number of halogens is 3. The number of carboxylic acid groups (broad SMARTS) is 1. The summed E-state index contributed by atoms with van der Waals surface area (Å²) >= 11 is 0. The van der Waals surface area contributed by atoms with Gasteiger partial charge in [0, 0.05) is 25.0 Å². The highest BCUT2D eigenvalue weighted by atomic mass is 19.4. The molecule has 0 saturated carbocycles. The maximum Gasteiger partial charge on any atom is 0.433 e. The number of nitrogens with zero attached hydrogens (tertiary/aromatic N) is 6. The van der Waals surface area contributed by atoms with E-state index in [1.807, 2.05) is 13.8 Å². The zero-order valence-corrected chi connectivity index (χ0v) is 17.2. The molecule has 0 spiro atoms. The van der Waals surface area contributed by atoms with Crippen molar-refractivity contribution < 1.29 is 23.1 Å². The number of hydrogen-bond donors (Lipinski definition) is 3. The Morgan fingerprint density at radius 2 is 1.81 bits per heavy atom. The Labute approximate surface area is 180 Å². The van der Waals surface area contributed by atoms with Crippen molar-refractivity contribution in [3.8, 4) is 11.5 Å². The van der Waals surface area contributed by atoms with Crippen LogP contribution < -0.4 is 15.5 Å². The van der Waals surface area contributed by atoms with Gasteiger partial charge in [0.25, 0.3) is 0 Å². The van der Waals surface area contributed by atoms with E-state index in [2.05, 4.69) is 35.6 Å². The molecular formula is C19H19F3N8O2. The van der Waals surface area contributed by atoms with Crippen molar-refractivity contribution in [3.05, 3.63) is 42.2 Å². The van der Waals surface area contributed by atoms with Crippen LogP contribution >= 0.6 is 0 Å². The van der Waals surface area contributed by atoms with E-state index in [0.29, 0.717) is 0 Å². The van der Waals surface area contributed by atoms with Crippen LogP contribution in [0, 0.1) is 0 Å². The molecule has 168 valence electrons. The third kappa shape index (κ3) is 5.56. The summed E-state index contributed by atoms with van der Waals surface area (Å²) in [6.45, 7) is 3.71. The van der Waals surface area contributed by atoms with E-state index in [1.165, 1.54) is 19.2 Å². The second kappa shape index (κ2) is 8.99. The first-order valence-corrected chi connectivity index (χ1v) is 9.30. The molecule has 0 unspecified atom stereocenters. The Morgan fingerprint density at radius 3 is 2.47 bits per heavy atom. The number of amides is 1. The average molecular weight is 448 g/mol. The number of rotatable bonds is 6. The number of alkyl halides is 3. The summed E-state index contributed by atoms with van der Waals surface area (Å²) < 4.78 is 38.9. The van der Waals surface area contributed by atoms with Gasteiger partial charge in [-0.05, 0) is 38.1 Å². The Hall–Kier alpha value is -4.03. The zero-order chi connectivity index (χ0) is 23.5. The van der Waals surface area contributed by atoms with Crippen molar-refractivity contribution in [2.24, 2.45) is 0 Å². The summed E-state index contributed by atoms with van der Waals surface area (Å²) in [4.78, 5) is 32.4. The van der Waals surface area contributed by atoms with Gasteiger partial charge in [0.2, 0.25) is 11.9 Å². The summed E-state index contributed by atoms with van der Waals surface area (Å²) in [5.74, 6) is 0.372. The van der Waals surface area contributed by atoms with Crippen molar-refractivity contribution in [1.82, 2.24) is 24.9 Å². The maximum absolute atomic E-state index is 13.0. The fourth-order valence-electron chi connectivity index (χ4n) is 2.49. The summed E-state index contributed by atoms with van der Waals surface area (Å²) in [6, 6.07) is 6.79. The maximum atomic E-state index is 13.0. The minimum Gasteiger partial charge on any atom is -0.465 e. The first-order valence-electron chi connectivity index (χ1n) is 9.30. The molecule has 0 bridgehead atoms. The van der Waals surface area contributed by atoms with E-state index in [0.717, 1.165) is 17.2 Å². The minimum atomic E-state index is -4.60. The van der Waals surface area contributed by atoms with Gasteiger partial charge in [-0.15, -0.1) is 0 Å². The van der Waals surface area contributed by atoms with Crippen molar-refractivity contribution in [1.29, 1.82) is 0 Å². The van der Waals surface area contributed by atoms with Crippen molar-refractivity contribution in [3.63, 3.8) is 0 Å². The lowest BCUT2D eigenvalue weighted by molar-refractivity contribution is -0.141. The predicted molar refractivity (Wildman–Crippen MR) is 111 cm³/mol. The number of aromatic nitrogens is 5. The number of anilines is 4. The second-order valence-corrected chi connectivity index (χ2v) is 6.88. The van der Waals surface area contributed by atoms with Crippen molar-refractivity contribution in [2.75, 3.05) is 22.6 Å². The molecule has 0 aliphatic carbocycles. The molecule has 0 fully saturated rings. The van der Waals surface area contributed by atoms with Gasteiger partial charge in [-0.2, -0.15) is 28.1 Å². The van der Waals surface area contributed by atoms with Crippen LogP contribution in [0.5, 0.6) is 0 Å². The van der Waals surface area contributed by atoms with Crippen LogP contribution in [0.1, 0.15) is 19.5 Å². The molecule has 3 N–H and O–H groups in total. The van der Waals surface area contributed by atoms with Crippen LogP contribution in [0.3, 0.4) is 0 Å². The molecule has 3 heterocycles. The van der Waals surface area contributed by atoms with E-state index in [1.54, 1.807) is 12.1 Å². The van der Waals surface area contributed by atoms with E-state index in [-0.39, 0.29) is 41.0 Å². The molecular weight excluding hydrogens is 429 g/mol. The first-order chi connectivity index (χ1) is 15.0. The quantitative estimate of drug-likeness (QED) is 0.512. The lowest BCUT2D eigenvalue weighted by Gasteiger charge is -2.14. The van der Waals surface area contributed by atoms with Gasteiger partial charge in [-0.1, -0.05) is 6.07 Å².